The third-order valence-corrected chi connectivity index (χ3v) is 6.49. The van der Waals surface area contributed by atoms with E-state index in [1.54, 1.807) is 24.3 Å². The number of nitrogens with zero attached hydrogens (tertiary/aromatic N) is 1. The molecule has 0 aliphatic carbocycles. The summed E-state index contributed by atoms with van der Waals surface area (Å²) in [6, 6.07) is 15.2. The van der Waals surface area contributed by atoms with Gasteiger partial charge in [0, 0.05) is 31.4 Å². The van der Waals surface area contributed by atoms with Crippen molar-refractivity contribution in [2.45, 2.75) is 24.7 Å². The lowest BCUT2D eigenvalue weighted by Gasteiger charge is -2.31. The van der Waals surface area contributed by atoms with Gasteiger partial charge in [-0.05, 0) is 49.2 Å². The molecule has 28 heavy (non-hydrogen) atoms. The topological polar surface area (TPSA) is 95.6 Å². The number of nitrogens with one attached hydrogen (secondary N) is 2. The quantitative estimate of drug-likeness (QED) is 0.805. The second kappa shape index (κ2) is 8.53. The van der Waals surface area contributed by atoms with Crippen LogP contribution < -0.4 is 10.6 Å². The minimum Gasteiger partial charge on any atom is -0.326 e. The minimum absolute atomic E-state index is 0.144. The first-order valence-corrected chi connectivity index (χ1v) is 10.5. The van der Waals surface area contributed by atoms with Gasteiger partial charge in [0.05, 0.1) is 10.8 Å². The monoisotopic (exact) mass is 401 g/mol. The predicted octanol–water partition coefficient (Wildman–Crippen LogP) is 2.68. The van der Waals surface area contributed by atoms with Crippen LogP contribution >= 0.6 is 0 Å². The lowest BCUT2D eigenvalue weighted by molar-refractivity contribution is -0.121. The molecule has 1 aliphatic rings. The van der Waals surface area contributed by atoms with Gasteiger partial charge in [-0.25, -0.2) is 8.42 Å². The van der Waals surface area contributed by atoms with Crippen molar-refractivity contribution in [3.8, 4) is 0 Å². The van der Waals surface area contributed by atoms with Gasteiger partial charge in [0.1, 0.15) is 0 Å². The van der Waals surface area contributed by atoms with Gasteiger partial charge in [0.2, 0.25) is 21.8 Å². The van der Waals surface area contributed by atoms with Crippen LogP contribution in [0.15, 0.2) is 59.5 Å². The van der Waals surface area contributed by atoms with E-state index in [1.807, 2.05) is 18.2 Å². The number of carbonyl (C=O) groups excluding carboxylic acids is 2. The number of piperidine rings is 1. The number of para-hydroxylation sites is 1. The van der Waals surface area contributed by atoms with E-state index >= 15 is 0 Å². The standard InChI is InChI=1S/C20H23N3O4S/c1-15(24)21-18-9-11-19(12-10-18)28(26,27)23-13-5-6-16(14-23)20(25)22-17-7-3-2-4-8-17/h2-4,7-12,16H,5-6,13-14H2,1H3,(H,21,24)(H,22,25). The van der Waals surface area contributed by atoms with Crippen LogP contribution in [0.2, 0.25) is 0 Å². The van der Waals surface area contributed by atoms with E-state index in [0.717, 1.165) is 0 Å². The lowest BCUT2D eigenvalue weighted by Crippen LogP contribution is -2.43. The maximum absolute atomic E-state index is 13.0. The molecule has 1 aliphatic heterocycles. The normalized spacial score (nSPS) is 17.7. The van der Waals surface area contributed by atoms with Crippen LogP contribution in [0.4, 0.5) is 11.4 Å². The van der Waals surface area contributed by atoms with E-state index < -0.39 is 15.9 Å². The van der Waals surface area contributed by atoms with Gasteiger partial charge in [-0.15, -0.1) is 0 Å². The Hall–Kier alpha value is -2.71. The SMILES string of the molecule is CC(=O)Nc1ccc(S(=O)(=O)N2CCCC(C(=O)Nc3ccccc3)C2)cc1. The van der Waals surface area contributed by atoms with Gasteiger partial charge in [-0.3, -0.25) is 9.59 Å². The zero-order valence-electron chi connectivity index (χ0n) is 15.6. The van der Waals surface area contributed by atoms with E-state index in [9.17, 15) is 18.0 Å². The first kappa shape index (κ1) is 20.0. The Kier molecular flexibility index (Phi) is 6.11. The Morgan fingerprint density at radius 1 is 0.964 bits per heavy atom. The Labute approximate surface area is 164 Å². The van der Waals surface area contributed by atoms with Crippen LogP contribution in [0, 0.1) is 5.92 Å². The van der Waals surface area contributed by atoms with Crippen molar-refractivity contribution >= 4 is 33.2 Å². The Bertz CT molecular complexity index is 943. The highest BCUT2D eigenvalue weighted by atomic mass is 32.2. The summed E-state index contributed by atoms with van der Waals surface area (Å²) >= 11 is 0. The highest BCUT2D eigenvalue weighted by Crippen LogP contribution is 2.25. The summed E-state index contributed by atoms with van der Waals surface area (Å²) in [5.41, 5.74) is 1.23. The van der Waals surface area contributed by atoms with Crippen LogP contribution in [0.3, 0.4) is 0 Å². The molecular formula is C20H23N3O4S. The average Bonchev–Trinajstić information content (AvgIpc) is 2.69. The van der Waals surface area contributed by atoms with Gasteiger partial charge in [-0.2, -0.15) is 4.31 Å². The first-order chi connectivity index (χ1) is 13.4. The Morgan fingerprint density at radius 3 is 2.25 bits per heavy atom. The molecule has 3 rings (SSSR count). The molecule has 8 heteroatoms. The second-order valence-corrected chi connectivity index (χ2v) is 8.70. The van der Waals surface area contributed by atoms with Crippen molar-refractivity contribution in [2.75, 3.05) is 23.7 Å². The second-order valence-electron chi connectivity index (χ2n) is 6.76. The number of amides is 2. The average molecular weight is 401 g/mol. The van der Waals surface area contributed by atoms with Crippen molar-refractivity contribution in [3.05, 3.63) is 54.6 Å². The van der Waals surface area contributed by atoms with Crippen LogP contribution in [0.5, 0.6) is 0 Å². The maximum atomic E-state index is 13.0. The minimum atomic E-state index is -3.71. The molecule has 2 aromatic rings. The van der Waals surface area contributed by atoms with E-state index in [1.165, 1.54) is 23.4 Å². The highest BCUT2D eigenvalue weighted by molar-refractivity contribution is 7.89. The maximum Gasteiger partial charge on any atom is 0.243 e. The van der Waals surface area contributed by atoms with Crippen LogP contribution in [0.1, 0.15) is 19.8 Å². The zero-order chi connectivity index (χ0) is 20.1. The number of carbonyl (C=O) groups is 2. The van der Waals surface area contributed by atoms with E-state index in [2.05, 4.69) is 10.6 Å². The molecule has 0 radical (unpaired) electrons. The molecule has 1 atom stereocenters. The number of rotatable bonds is 5. The summed E-state index contributed by atoms with van der Waals surface area (Å²) in [7, 11) is -3.71. The molecule has 7 nitrogen and oxygen atoms in total. The number of benzene rings is 2. The molecule has 1 saturated heterocycles. The van der Waals surface area contributed by atoms with Crippen molar-refractivity contribution in [2.24, 2.45) is 5.92 Å². The Balaban J connectivity index is 1.70. The highest BCUT2D eigenvalue weighted by Gasteiger charge is 2.33. The van der Waals surface area contributed by atoms with Crippen molar-refractivity contribution in [3.63, 3.8) is 0 Å². The van der Waals surface area contributed by atoms with Gasteiger partial charge in [0.25, 0.3) is 0 Å². The number of anilines is 2. The van der Waals surface area contributed by atoms with E-state index in [-0.39, 0.29) is 23.3 Å². The molecule has 1 heterocycles. The third kappa shape index (κ3) is 4.76. The summed E-state index contributed by atoms with van der Waals surface area (Å²) in [4.78, 5) is 23.8. The number of sulfonamides is 1. The van der Waals surface area contributed by atoms with E-state index in [4.69, 9.17) is 0 Å². The van der Waals surface area contributed by atoms with Gasteiger partial charge < -0.3 is 10.6 Å². The molecule has 2 N–H and O–H groups in total. The predicted molar refractivity (Wildman–Crippen MR) is 107 cm³/mol. The van der Waals surface area contributed by atoms with Crippen LogP contribution in [-0.4, -0.2) is 37.6 Å². The van der Waals surface area contributed by atoms with Crippen LogP contribution in [0.25, 0.3) is 0 Å². The smallest absolute Gasteiger partial charge is 0.243 e. The van der Waals surface area contributed by atoms with Gasteiger partial charge in [-0.1, -0.05) is 18.2 Å². The fourth-order valence-electron chi connectivity index (χ4n) is 3.20. The number of hydrogen-bond donors (Lipinski definition) is 2. The molecule has 1 fully saturated rings. The van der Waals surface area contributed by atoms with Crippen molar-refractivity contribution in [1.29, 1.82) is 0 Å². The third-order valence-electron chi connectivity index (χ3n) is 4.61. The molecular weight excluding hydrogens is 378 g/mol. The molecule has 2 amide bonds. The summed E-state index contributed by atoms with van der Waals surface area (Å²) in [5.74, 6) is -0.798. The molecule has 2 aromatic carbocycles. The largest absolute Gasteiger partial charge is 0.326 e. The number of hydrogen-bond acceptors (Lipinski definition) is 4. The molecule has 0 bridgehead atoms. The molecule has 148 valence electrons. The summed E-state index contributed by atoms with van der Waals surface area (Å²) < 4.78 is 27.3. The van der Waals surface area contributed by atoms with E-state index in [0.29, 0.717) is 30.8 Å². The molecule has 1 unspecified atom stereocenters. The zero-order valence-corrected chi connectivity index (χ0v) is 16.4. The molecule has 0 saturated carbocycles. The van der Waals surface area contributed by atoms with Crippen molar-refractivity contribution in [1.82, 2.24) is 4.31 Å². The van der Waals surface area contributed by atoms with Gasteiger partial charge in [0.15, 0.2) is 0 Å². The fourth-order valence-corrected chi connectivity index (χ4v) is 4.73. The molecule has 0 aromatic heterocycles. The first-order valence-electron chi connectivity index (χ1n) is 9.10. The van der Waals surface area contributed by atoms with Gasteiger partial charge >= 0.3 is 0 Å². The molecule has 0 spiro atoms. The summed E-state index contributed by atoms with van der Waals surface area (Å²) in [5, 5.41) is 5.46. The van der Waals surface area contributed by atoms with Crippen molar-refractivity contribution < 1.29 is 18.0 Å². The van der Waals surface area contributed by atoms with Crippen LogP contribution in [-0.2, 0) is 19.6 Å². The Morgan fingerprint density at radius 2 is 1.61 bits per heavy atom. The summed E-state index contributed by atoms with van der Waals surface area (Å²) in [6.45, 7) is 1.92. The lowest BCUT2D eigenvalue weighted by atomic mass is 9.99. The fraction of sp³-hybridized carbons (Fsp3) is 0.300. The summed E-state index contributed by atoms with van der Waals surface area (Å²) in [6.07, 6.45) is 1.27.